The van der Waals surface area contributed by atoms with Gasteiger partial charge in [0.05, 0.1) is 11.1 Å². The van der Waals surface area contributed by atoms with Crippen molar-refractivity contribution < 1.29 is 0 Å². The van der Waals surface area contributed by atoms with Crippen LogP contribution in [-0.4, -0.2) is 45.6 Å². The molecule has 1 aliphatic rings. The van der Waals surface area contributed by atoms with Gasteiger partial charge in [-0.05, 0) is 32.3 Å². The van der Waals surface area contributed by atoms with Gasteiger partial charge in [0.1, 0.15) is 17.0 Å². The number of nitrogens with one attached hydrogen (secondary N) is 1. The number of rotatable bonds is 5. The Kier molecular flexibility index (Phi) is 5.08. The van der Waals surface area contributed by atoms with E-state index >= 15 is 0 Å². The van der Waals surface area contributed by atoms with Crippen LogP contribution in [0.15, 0.2) is 24.9 Å². The van der Waals surface area contributed by atoms with E-state index in [0.717, 1.165) is 55.2 Å². The lowest BCUT2D eigenvalue weighted by atomic mass is 10.0. The first-order valence-corrected chi connectivity index (χ1v) is 9.98. The smallest absolute Gasteiger partial charge is 0.141 e. The first-order valence-electron chi connectivity index (χ1n) is 9.16. The maximum Gasteiger partial charge on any atom is 0.141 e. The normalized spacial score (nSPS) is 15.7. The second kappa shape index (κ2) is 7.63. The maximum atomic E-state index is 4.62. The number of thiophene rings is 1. The standard InChI is InChI=1S/C19H24N6S/c1-13-14(2)26-19-17(13)18(23-12-24-19)25-9-4-15(5-10-25)21-6-3-16-11-20-7-8-22-16/h7-8,11-12,15,21H,3-6,9-10H2,1-2H3. The van der Waals surface area contributed by atoms with Gasteiger partial charge in [0.2, 0.25) is 0 Å². The fraction of sp³-hybridized carbons (Fsp3) is 0.474. The Morgan fingerprint density at radius 3 is 2.77 bits per heavy atom. The first kappa shape index (κ1) is 17.3. The molecule has 0 aliphatic carbocycles. The summed E-state index contributed by atoms with van der Waals surface area (Å²) in [6, 6.07) is 0.561. The summed E-state index contributed by atoms with van der Waals surface area (Å²) in [5.74, 6) is 1.11. The Morgan fingerprint density at radius 1 is 1.15 bits per heavy atom. The molecular weight excluding hydrogens is 344 g/mol. The largest absolute Gasteiger partial charge is 0.356 e. The lowest BCUT2D eigenvalue weighted by molar-refractivity contribution is 0.416. The maximum absolute atomic E-state index is 4.62. The minimum atomic E-state index is 0.561. The van der Waals surface area contributed by atoms with E-state index in [0.29, 0.717) is 6.04 Å². The van der Waals surface area contributed by atoms with Crippen molar-refractivity contribution in [1.82, 2.24) is 25.3 Å². The van der Waals surface area contributed by atoms with E-state index in [1.807, 2.05) is 6.20 Å². The van der Waals surface area contributed by atoms with Crippen LogP contribution in [0.2, 0.25) is 0 Å². The van der Waals surface area contributed by atoms with Gasteiger partial charge in [-0.2, -0.15) is 0 Å². The van der Waals surface area contributed by atoms with E-state index < -0.39 is 0 Å². The molecule has 0 radical (unpaired) electrons. The number of fused-ring (bicyclic) bond motifs is 1. The van der Waals surface area contributed by atoms with Crippen LogP contribution >= 0.6 is 11.3 Å². The van der Waals surface area contributed by atoms with Gasteiger partial charge in [0.15, 0.2) is 0 Å². The Labute approximate surface area is 157 Å². The zero-order valence-corrected chi connectivity index (χ0v) is 16.1. The summed E-state index contributed by atoms with van der Waals surface area (Å²) in [6.45, 7) is 7.36. The highest BCUT2D eigenvalue weighted by Crippen LogP contribution is 2.35. The number of aryl methyl sites for hydroxylation is 2. The predicted octanol–water partition coefficient (Wildman–Crippen LogP) is 2.90. The molecule has 0 atom stereocenters. The van der Waals surface area contributed by atoms with Crippen LogP contribution in [0.5, 0.6) is 0 Å². The van der Waals surface area contributed by atoms with Crippen LogP contribution in [0.25, 0.3) is 10.2 Å². The molecular formula is C19H24N6S. The molecule has 0 aromatic carbocycles. The molecule has 0 spiro atoms. The van der Waals surface area contributed by atoms with Crippen molar-refractivity contribution in [3.8, 4) is 0 Å². The summed E-state index contributed by atoms with van der Waals surface area (Å²) < 4.78 is 0. The molecule has 0 amide bonds. The van der Waals surface area contributed by atoms with Crippen molar-refractivity contribution in [2.75, 3.05) is 24.5 Å². The monoisotopic (exact) mass is 368 g/mol. The van der Waals surface area contributed by atoms with Crippen molar-refractivity contribution in [2.24, 2.45) is 0 Å². The molecule has 3 aromatic heterocycles. The third-order valence-corrected chi connectivity index (χ3v) is 6.29. The molecule has 3 aromatic rings. The molecule has 0 saturated carbocycles. The summed E-state index contributed by atoms with van der Waals surface area (Å²) in [6.07, 6.45) is 10.2. The molecule has 1 N–H and O–H groups in total. The predicted molar refractivity (Wildman–Crippen MR) is 106 cm³/mol. The summed E-state index contributed by atoms with van der Waals surface area (Å²) in [5.41, 5.74) is 2.37. The van der Waals surface area contributed by atoms with Gasteiger partial charge in [-0.15, -0.1) is 11.3 Å². The lowest BCUT2D eigenvalue weighted by Crippen LogP contribution is -2.43. The van der Waals surface area contributed by atoms with Crippen molar-refractivity contribution in [2.45, 2.75) is 39.2 Å². The molecule has 26 heavy (non-hydrogen) atoms. The molecule has 1 aliphatic heterocycles. The van der Waals surface area contributed by atoms with E-state index in [1.54, 1.807) is 30.1 Å². The topological polar surface area (TPSA) is 66.8 Å². The first-order chi connectivity index (χ1) is 12.7. The fourth-order valence-electron chi connectivity index (χ4n) is 3.56. The van der Waals surface area contributed by atoms with Crippen LogP contribution in [0.4, 0.5) is 5.82 Å². The lowest BCUT2D eigenvalue weighted by Gasteiger charge is -2.33. The summed E-state index contributed by atoms with van der Waals surface area (Å²) in [4.78, 5) is 22.4. The van der Waals surface area contributed by atoms with Crippen molar-refractivity contribution >= 4 is 27.4 Å². The van der Waals surface area contributed by atoms with Crippen LogP contribution in [-0.2, 0) is 6.42 Å². The van der Waals surface area contributed by atoms with Gasteiger partial charge in [-0.25, -0.2) is 9.97 Å². The van der Waals surface area contributed by atoms with Crippen molar-refractivity contribution in [1.29, 1.82) is 0 Å². The number of nitrogens with zero attached hydrogens (tertiary/aromatic N) is 5. The quantitative estimate of drug-likeness (QED) is 0.747. The van der Waals surface area contributed by atoms with E-state index in [2.05, 4.69) is 44.0 Å². The fourth-order valence-corrected chi connectivity index (χ4v) is 4.55. The Morgan fingerprint density at radius 2 is 2.00 bits per heavy atom. The van der Waals surface area contributed by atoms with Gasteiger partial charge < -0.3 is 10.2 Å². The van der Waals surface area contributed by atoms with Crippen LogP contribution in [0.1, 0.15) is 29.0 Å². The number of aromatic nitrogens is 4. The van der Waals surface area contributed by atoms with Crippen LogP contribution in [0.3, 0.4) is 0 Å². The highest BCUT2D eigenvalue weighted by molar-refractivity contribution is 7.18. The highest BCUT2D eigenvalue weighted by Gasteiger charge is 2.23. The molecule has 0 unspecified atom stereocenters. The molecule has 1 fully saturated rings. The minimum Gasteiger partial charge on any atom is -0.356 e. The SMILES string of the molecule is Cc1sc2ncnc(N3CCC(NCCc4cnccn4)CC3)c2c1C. The Balaban J connectivity index is 1.35. The summed E-state index contributed by atoms with van der Waals surface area (Å²) in [7, 11) is 0. The number of hydrogen-bond donors (Lipinski definition) is 1. The number of hydrogen-bond acceptors (Lipinski definition) is 7. The van der Waals surface area contributed by atoms with E-state index in [4.69, 9.17) is 0 Å². The minimum absolute atomic E-state index is 0.561. The number of piperidine rings is 1. The summed E-state index contributed by atoms with van der Waals surface area (Å²) in [5, 5.41) is 4.91. The molecule has 1 saturated heterocycles. The van der Waals surface area contributed by atoms with E-state index in [1.165, 1.54) is 15.8 Å². The van der Waals surface area contributed by atoms with Gasteiger partial charge in [0, 0.05) is 55.6 Å². The molecule has 7 heteroatoms. The molecule has 4 heterocycles. The van der Waals surface area contributed by atoms with Crippen LogP contribution in [0, 0.1) is 13.8 Å². The van der Waals surface area contributed by atoms with E-state index in [-0.39, 0.29) is 0 Å². The third-order valence-electron chi connectivity index (χ3n) is 5.17. The third kappa shape index (κ3) is 3.54. The Bertz CT molecular complexity index is 870. The second-order valence-electron chi connectivity index (χ2n) is 6.82. The summed E-state index contributed by atoms with van der Waals surface area (Å²) >= 11 is 1.77. The van der Waals surface area contributed by atoms with Gasteiger partial charge in [-0.3, -0.25) is 9.97 Å². The highest BCUT2D eigenvalue weighted by atomic mass is 32.1. The second-order valence-corrected chi connectivity index (χ2v) is 8.03. The van der Waals surface area contributed by atoms with Gasteiger partial charge in [0.25, 0.3) is 0 Å². The van der Waals surface area contributed by atoms with Gasteiger partial charge >= 0.3 is 0 Å². The average molecular weight is 369 g/mol. The zero-order chi connectivity index (χ0) is 17.9. The molecule has 6 nitrogen and oxygen atoms in total. The van der Waals surface area contributed by atoms with Crippen LogP contribution < -0.4 is 10.2 Å². The molecule has 4 rings (SSSR count). The van der Waals surface area contributed by atoms with E-state index in [9.17, 15) is 0 Å². The zero-order valence-electron chi connectivity index (χ0n) is 15.3. The van der Waals surface area contributed by atoms with Crippen molar-refractivity contribution in [3.63, 3.8) is 0 Å². The molecule has 136 valence electrons. The average Bonchev–Trinajstić information content (AvgIpc) is 2.97. The van der Waals surface area contributed by atoms with Gasteiger partial charge in [-0.1, -0.05) is 0 Å². The Hall–Kier alpha value is -2.12. The van der Waals surface area contributed by atoms with Crippen molar-refractivity contribution in [3.05, 3.63) is 41.1 Å². The molecule has 0 bridgehead atoms. The number of anilines is 1.